The van der Waals surface area contributed by atoms with Crippen LogP contribution in [0.15, 0.2) is 11.6 Å². The Morgan fingerprint density at radius 1 is 1.33 bits per heavy atom. The molecule has 0 aromatic carbocycles. The highest BCUT2D eigenvalue weighted by Crippen LogP contribution is 2.59. The molecule has 4 nitrogen and oxygen atoms in total. The normalized spacial score (nSPS) is 31.4. The summed E-state index contributed by atoms with van der Waals surface area (Å²) in [5.74, 6) is 1.70. The van der Waals surface area contributed by atoms with Crippen molar-refractivity contribution in [1.29, 1.82) is 0 Å². The molecule has 21 heavy (non-hydrogen) atoms. The number of carbonyl (C=O) groups excluding carboxylic acids is 1. The van der Waals surface area contributed by atoms with E-state index in [0.717, 1.165) is 44.6 Å². The first-order chi connectivity index (χ1) is 10.0. The predicted octanol–water partition coefficient (Wildman–Crippen LogP) is 2.75. The Kier molecular flexibility index (Phi) is 4.00. The van der Waals surface area contributed by atoms with Gasteiger partial charge in [0, 0.05) is 32.7 Å². The predicted molar refractivity (Wildman–Crippen MR) is 83.1 cm³/mol. The average Bonchev–Trinajstić information content (AvgIpc) is 2.48. The largest absolute Gasteiger partial charge is 0.450 e. The molecule has 0 spiro atoms. The van der Waals surface area contributed by atoms with Gasteiger partial charge in [0.2, 0.25) is 0 Å². The number of piperazine rings is 1. The molecule has 1 heterocycles. The SMILES string of the molecule is CCOC(=O)N1CCN(CC2=CCC3CC2C3(C)C)CC1. The van der Waals surface area contributed by atoms with Gasteiger partial charge in [0.25, 0.3) is 0 Å². The molecule has 1 amide bonds. The van der Waals surface area contributed by atoms with Crippen molar-refractivity contribution in [3.63, 3.8) is 0 Å². The zero-order valence-corrected chi connectivity index (χ0v) is 13.6. The van der Waals surface area contributed by atoms with Crippen molar-refractivity contribution in [3.05, 3.63) is 11.6 Å². The second kappa shape index (κ2) is 5.64. The molecular weight excluding hydrogens is 264 g/mol. The number of nitrogens with zero attached hydrogens (tertiary/aromatic N) is 2. The lowest BCUT2D eigenvalue weighted by atomic mass is 9.49. The van der Waals surface area contributed by atoms with Crippen LogP contribution in [0.4, 0.5) is 4.79 Å². The number of hydrogen-bond acceptors (Lipinski definition) is 3. The van der Waals surface area contributed by atoms with E-state index in [1.54, 1.807) is 5.57 Å². The van der Waals surface area contributed by atoms with Crippen LogP contribution < -0.4 is 0 Å². The van der Waals surface area contributed by atoms with E-state index in [4.69, 9.17) is 4.74 Å². The summed E-state index contributed by atoms with van der Waals surface area (Å²) in [4.78, 5) is 16.0. The van der Waals surface area contributed by atoms with Crippen LogP contribution in [0, 0.1) is 17.3 Å². The van der Waals surface area contributed by atoms with E-state index >= 15 is 0 Å². The van der Waals surface area contributed by atoms with Gasteiger partial charge in [0.15, 0.2) is 0 Å². The maximum Gasteiger partial charge on any atom is 0.409 e. The molecule has 4 heteroatoms. The molecule has 1 saturated heterocycles. The molecule has 0 aromatic rings. The van der Waals surface area contributed by atoms with Gasteiger partial charge in [-0.2, -0.15) is 0 Å². The Labute approximate surface area is 128 Å². The highest BCUT2D eigenvalue weighted by atomic mass is 16.6. The topological polar surface area (TPSA) is 32.8 Å². The molecule has 4 rings (SSSR count). The average molecular weight is 292 g/mol. The molecule has 2 unspecified atom stereocenters. The summed E-state index contributed by atoms with van der Waals surface area (Å²) in [5, 5.41) is 0. The number of rotatable bonds is 3. The summed E-state index contributed by atoms with van der Waals surface area (Å²) < 4.78 is 5.07. The Morgan fingerprint density at radius 3 is 2.62 bits per heavy atom. The maximum atomic E-state index is 11.7. The Balaban J connectivity index is 1.50. The summed E-state index contributed by atoms with van der Waals surface area (Å²) in [6.45, 7) is 11.8. The van der Waals surface area contributed by atoms with Crippen molar-refractivity contribution >= 4 is 6.09 Å². The first-order valence-corrected chi connectivity index (χ1v) is 8.35. The van der Waals surface area contributed by atoms with Crippen LogP contribution in [0.2, 0.25) is 0 Å². The number of carbonyl (C=O) groups is 1. The lowest BCUT2D eigenvalue weighted by molar-refractivity contribution is -0.0120. The highest BCUT2D eigenvalue weighted by Gasteiger charge is 2.51. The van der Waals surface area contributed by atoms with Gasteiger partial charge in [-0.05, 0) is 37.0 Å². The zero-order valence-electron chi connectivity index (χ0n) is 13.6. The van der Waals surface area contributed by atoms with Gasteiger partial charge < -0.3 is 9.64 Å². The molecular formula is C17H28N2O2. The van der Waals surface area contributed by atoms with Gasteiger partial charge in [-0.25, -0.2) is 4.79 Å². The van der Waals surface area contributed by atoms with Crippen molar-refractivity contribution in [3.8, 4) is 0 Å². The first-order valence-electron chi connectivity index (χ1n) is 8.35. The van der Waals surface area contributed by atoms with Crippen LogP contribution in [-0.2, 0) is 4.74 Å². The van der Waals surface area contributed by atoms with Crippen molar-refractivity contribution < 1.29 is 9.53 Å². The Hall–Kier alpha value is -1.03. The summed E-state index contributed by atoms with van der Waals surface area (Å²) in [6, 6.07) is 0. The van der Waals surface area contributed by atoms with Gasteiger partial charge in [-0.15, -0.1) is 0 Å². The van der Waals surface area contributed by atoms with Crippen LogP contribution in [0.1, 0.15) is 33.6 Å². The fourth-order valence-electron chi connectivity index (χ4n) is 4.22. The Bertz CT molecular complexity index is 436. The van der Waals surface area contributed by atoms with Gasteiger partial charge in [0.1, 0.15) is 0 Å². The minimum atomic E-state index is -0.156. The molecule has 4 aliphatic rings. The summed E-state index contributed by atoms with van der Waals surface area (Å²) in [5.41, 5.74) is 2.16. The van der Waals surface area contributed by atoms with Gasteiger partial charge in [-0.1, -0.05) is 25.5 Å². The van der Waals surface area contributed by atoms with Crippen molar-refractivity contribution in [2.45, 2.75) is 33.6 Å². The Morgan fingerprint density at radius 2 is 2.05 bits per heavy atom. The third-order valence-electron chi connectivity index (χ3n) is 5.89. The summed E-state index contributed by atoms with van der Waals surface area (Å²) >= 11 is 0. The number of allylic oxidation sites excluding steroid dienone is 1. The van der Waals surface area contributed by atoms with E-state index in [9.17, 15) is 4.79 Å². The van der Waals surface area contributed by atoms with Crippen molar-refractivity contribution in [2.75, 3.05) is 39.3 Å². The molecule has 118 valence electrons. The molecule has 2 atom stereocenters. The molecule has 1 aliphatic heterocycles. The second-order valence-corrected chi connectivity index (χ2v) is 7.28. The third-order valence-corrected chi connectivity index (χ3v) is 5.89. The lowest BCUT2D eigenvalue weighted by Gasteiger charge is -2.57. The molecule has 2 bridgehead atoms. The summed E-state index contributed by atoms with van der Waals surface area (Å²) in [6.07, 6.45) is 4.99. The molecule has 3 aliphatic carbocycles. The van der Waals surface area contributed by atoms with E-state index in [-0.39, 0.29) is 6.09 Å². The minimum Gasteiger partial charge on any atom is -0.450 e. The van der Waals surface area contributed by atoms with E-state index in [1.165, 1.54) is 12.8 Å². The molecule has 2 fully saturated rings. The van der Waals surface area contributed by atoms with Crippen LogP contribution >= 0.6 is 0 Å². The zero-order chi connectivity index (χ0) is 15.0. The van der Waals surface area contributed by atoms with Gasteiger partial charge in [-0.3, -0.25) is 4.90 Å². The number of hydrogen-bond donors (Lipinski definition) is 0. The van der Waals surface area contributed by atoms with Gasteiger partial charge >= 0.3 is 6.09 Å². The minimum absolute atomic E-state index is 0.156. The van der Waals surface area contributed by atoms with Crippen molar-refractivity contribution in [1.82, 2.24) is 9.80 Å². The van der Waals surface area contributed by atoms with Crippen LogP contribution in [-0.4, -0.2) is 55.2 Å². The number of fused-ring (bicyclic) bond motifs is 1. The van der Waals surface area contributed by atoms with Crippen molar-refractivity contribution in [2.24, 2.45) is 17.3 Å². The van der Waals surface area contributed by atoms with Crippen LogP contribution in [0.3, 0.4) is 0 Å². The van der Waals surface area contributed by atoms with E-state index in [0.29, 0.717) is 12.0 Å². The van der Waals surface area contributed by atoms with Crippen LogP contribution in [0.5, 0.6) is 0 Å². The first kappa shape index (κ1) is 14.9. The van der Waals surface area contributed by atoms with Crippen LogP contribution in [0.25, 0.3) is 0 Å². The highest BCUT2D eigenvalue weighted by molar-refractivity contribution is 5.67. The van der Waals surface area contributed by atoms with E-state index in [2.05, 4.69) is 24.8 Å². The maximum absolute atomic E-state index is 11.7. The third kappa shape index (κ3) is 2.70. The number of amides is 1. The van der Waals surface area contributed by atoms with E-state index in [1.807, 2.05) is 11.8 Å². The second-order valence-electron chi connectivity index (χ2n) is 7.28. The van der Waals surface area contributed by atoms with Gasteiger partial charge in [0.05, 0.1) is 6.61 Å². The quantitative estimate of drug-likeness (QED) is 0.750. The molecule has 0 aromatic heterocycles. The molecule has 0 radical (unpaired) electrons. The summed E-state index contributed by atoms with van der Waals surface area (Å²) in [7, 11) is 0. The number of ether oxygens (including phenoxy) is 1. The molecule has 0 N–H and O–H groups in total. The lowest BCUT2D eigenvalue weighted by Crippen LogP contribution is -2.53. The van der Waals surface area contributed by atoms with E-state index < -0.39 is 0 Å². The monoisotopic (exact) mass is 292 g/mol. The smallest absolute Gasteiger partial charge is 0.409 e. The fraction of sp³-hybridized carbons (Fsp3) is 0.824. The molecule has 1 saturated carbocycles. The fourth-order valence-corrected chi connectivity index (χ4v) is 4.22. The standard InChI is InChI=1S/C17H28N2O2/c1-4-21-16(20)19-9-7-18(8-10-19)12-13-5-6-14-11-15(13)17(14,2)3/h5,14-15H,4,6-12H2,1-3H3.